The van der Waals surface area contributed by atoms with E-state index in [0.29, 0.717) is 5.75 Å². The van der Waals surface area contributed by atoms with Gasteiger partial charge in [-0.05, 0) is 57.9 Å². The van der Waals surface area contributed by atoms with Gasteiger partial charge in [0.25, 0.3) is 0 Å². The molecule has 2 aromatic carbocycles. The van der Waals surface area contributed by atoms with Crippen molar-refractivity contribution < 1.29 is 23.7 Å². The van der Waals surface area contributed by atoms with Crippen LogP contribution in [-0.2, 0) is 22.4 Å². The summed E-state index contributed by atoms with van der Waals surface area (Å²) in [5.74, 6) is 1.75. The molecule has 0 spiro atoms. The number of nitrogens with zero attached hydrogens (tertiary/aromatic N) is 1. The summed E-state index contributed by atoms with van der Waals surface area (Å²) >= 11 is 0. The predicted molar refractivity (Wildman–Crippen MR) is 119 cm³/mol. The predicted octanol–water partition coefficient (Wildman–Crippen LogP) is 4.13. The lowest BCUT2D eigenvalue weighted by molar-refractivity contribution is -0.142. The van der Waals surface area contributed by atoms with E-state index in [1.807, 2.05) is 24.3 Å². The van der Waals surface area contributed by atoms with Gasteiger partial charge in [-0.3, -0.25) is 4.99 Å². The highest BCUT2D eigenvalue weighted by Gasteiger charge is 2.39. The van der Waals surface area contributed by atoms with Crippen LogP contribution in [0.2, 0.25) is 0 Å². The highest BCUT2D eigenvalue weighted by atomic mass is 16.6. The zero-order valence-electron chi connectivity index (χ0n) is 19.0. The third-order valence-electron chi connectivity index (χ3n) is 5.59. The zero-order chi connectivity index (χ0) is 22.4. The number of hydrogen-bond donors (Lipinski definition) is 0. The molecule has 0 fully saturated rings. The summed E-state index contributed by atoms with van der Waals surface area (Å²) in [6.45, 7) is 8.30. The van der Waals surface area contributed by atoms with Crippen LogP contribution in [0.5, 0.6) is 17.2 Å². The minimum Gasteiger partial charge on any atom is -0.493 e. The Balaban J connectivity index is 1.83. The van der Waals surface area contributed by atoms with Crippen molar-refractivity contribution in [2.24, 2.45) is 4.99 Å². The smallest absolute Gasteiger partial charge is 0.343 e. The van der Waals surface area contributed by atoms with Crippen LogP contribution in [0.4, 0.5) is 0 Å². The standard InChI is InChI=1S/C25H29NO5/c1-24(2)12-16-11-19(28-5)23-18(13-25(3,4)31-23)21(16)22(26-24)15-8-7-9-17(10-15)30-14-20(27)29-6/h7-11H,12-14H2,1-6H3. The van der Waals surface area contributed by atoms with Gasteiger partial charge in [0.1, 0.15) is 11.4 Å². The van der Waals surface area contributed by atoms with Gasteiger partial charge in [-0.1, -0.05) is 12.1 Å². The molecule has 0 N–H and O–H groups in total. The van der Waals surface area contributed by atoms with Crippen LogP contribution < -0.4 is 14.2 Å². The molecule has 0 aromatic heterocycles. The summed E-state index contributed by atoms with van der Waals surface area (Å²) in [6.07, 6.45) is 1.59. The van der Waals surface area contributed by atoms with Crippen molar-refractivity contribution in [2.75, 3.05) is 20.8 Å². The maximum Gasteiger partial charge on any atom is 0.343 e. The van der Waals surface area contributed by atoms with Crippen molar-refractivity contribution in [3.05, 3.63) is 52.6 Å². The van der Waals surface area contributed by atoms with E-state index in [9.17, 15) is 4.79 Å². The van der Waals surface area contributed by atoms with E-state index < -0.39 is 5.97 Å². The summed E-state index contributed by atoms with van der Waals surface area (Å²) in [5.41, 5.74) is 4.73. The number of benzene rings is 2. The third kappa shape index (κ3) is 4.11. The van der Waals surface area contributed by atoms with Crippen LogP contribution in [0, 0.1) is 0 Å². The number of carbonyl (C=O) groups excluding carboxylic acids is 1. The molecular formula is C25H29NO5. The Labute approximate surface area is 183 Å². The van der Waals surface area contributed by atoms with Gasteiger partial charge in [0.15, 0.2) is 18.1 Å². The van der Waals surface area contributed by atoms with Crippen LogP contribution in [0.15, 0.2) is 35.3 Å². The van der Waals surface area contributed by atoms with Crippen molar-refractivity contribution in [1.82, 2.24) is 0 Å². The molecule has 0 unspecified atom stereocenters. The van der Waals surface area contributed by atoms with Gasteiger partial charge < -0.3 is 18.9 Å². The van der Waals surface area contributed by atoms with E-state index in [-0.39, 0.29) is 17.7 Å². The van der Waals surface area contributed by atoms with E-state index in [4.69, 9.17) is 19.2 Å². The fraction of sp³-hybridized carbons (Fsp3) is 0.440. The monoisotopic (exact) mass is 423 g/mol. The number of methoxy groups -OCH3 is 2. The van der Waals surface area contributed by atoms with Crippen molar-refractivity contribution in [3.8, 4) is 17.2 Å². The molecule has 0 atom stereocenters. The van der Waals surface area contributed by atoms with Gasteiger partial charge in [-0.15, -0.1) is 0 Å². The minimum absolute atomic E-state index is 0.136. The molecule has 2 aromatic rings. The summed E-state index contributed by atoms with van der Waals surface area (Å²) in [5, 5.41) is 0. The molecule has 6 heteroatoms. The summed E-state index contributed by atoms with van der Waals surface area (Å²) in [7, 11) is 3.03. The number of ether oxygens (including phenoxy) is 4. The van der Waals surface area contributed by atoms with E-state index in [2.05, 4.69) is 38.5 Å². The van der Waals surface area contributed by atoms with Gasteiger partial charge in [-0.25, -0.2) is 4.79 Å². The first kappa shape index (κ1) is 21.2. The van der Waals surface area contributed by atoms with Gasteiger partial charge in [0.2, 0.25) is 0 Å². The molecule has 0 amide bonds. The molecule has 0 radical (unpaired) electrons. The SMILES string of the molecule is COC(=O)COc1cccc(C2=NC(C)(C)Cc3cc(OC)c4c(c32)CC(C)(C)O4)c1. The quantitative estimate of drug-likeness (QED) is 0.677. The van der Waals surface area contributed by atoms with Crippen LogP contribution in [0.1, 0.15) is 49.9 Å². The fourth-order valence-corrected chi connectivity index (χ4v) is 4.36. The number of rotatable bonds is 5. The van der Waals surface area contributed by atoms with E-state index >= 15 is 0 Å². The maximum atomic E-state index is 11.5. The number of esters is 1. The van der Waals surface area contributed by atoms with Gasteiger partial charge in [0, 0.05) is 23.1 Å². The Kier molecular flexibility index (Phi) is 5.20. The Morgan fingerprint density at radius 1 is 1.13 bits per heavy atom. The Morgan fingerprint density at radius 3 is 2.61 bits per heavy atom. The van der Waals surface area contributed by atoms with Gasteiger partial charge in [0.05, 0.1) is 25.5 Å². The second-order valence-electron chi connectivity index (χ2n) is 9.30. The van der Waals surface area contributed by atoms with Gasteiger partial charge in [-0.2, -0.15) is 0 Å². The van der Waals surface area contributed by atoms with E-state index in [1.54, 1.807) is 7.11 Å². The molecule has 0 saturated carbocycles. The molecule has 164 valence electrons. The molecule has 4 rings (SSSR count). The second kappa shape index (κ2) is 7.59. The molecule has 0 bridgehead atoms. The maximum absolute atomic E-state index is 11.5. The first-order valence-corrected chi connectivity index (χ1v) is 10.4. The number of carbonyl (C=O) groups is 1. The Morgan fingerprint density at radius 2 is 1.90 bits per heavy atom. The molecule has 6 nitrogen and oxygen atoms in total. The highest BCUT2D eigenvalue weighted by Crippen LogP contribution is 2.47. The summed E-state index contributed by atoms with van der Waals surface area (Å²) in [4.78, 5) is 16.6. The first-order valence-electron chi connectivity index (χ1n) is 10.4. The van der Waals surface area contributed by atoms with Crippen molar-refractivity contribution >= 4 is 11.7 Å². The number of hydrogen-bond acceptors (Lipinski definition) is 6. The lowest BCUT2D eigenvalue weighted by Gasteiger charge is -2.31. The molecule has 2 aliphatic heterocycles. The van der Waals surface area contributed by atoms with Crippen LogP contribution in [0.25, 0.3) is 0 Å². The van der Waals surface area contributed by atoms with Crippen LogP contribution >= 0.6 is 0 Å². The van der Waals surface area contributed by atoms with Crippen molar-refractivity contribution in [1.29, 1.82) is 0 Å². The molecule has 2 aliphatic rings. The molecule has 0 aliphatic carbocycles. The zero-order valence-corrected chi connectivity index (χ0v) is 19.0. The highest BCUT2D eigenvalue weighted by molar-refractivity contribution is 6.16. The summed E-state index contributed by atoms with van der Waals surface area (Å²) < 4.78 is 22.2. The fourth-order valence-electron chi connectivity index (χ4n) is 4.36. The molecule has 31 heavy (non-hydrogen) atoms. The lowest BCUT2D eigenvalue weighted by atomic mass is 9.81. The molecule has 0 saturated heterocycles. The average Bonchev–Trinajstić information content (AvgIpc) is 3.05. The largest absolute Gasteiger partial charge is 0.493 e. The third-order valence-corrected chi connectivity index (χ3v) is 5.59. The topological polar surface area (TPSA) is 66.4 Å². The van der Waals surface area contributed by atoms with Crippen LogP contribution in [0.3, 0.4) is 0 Å². The molecule has 2 heterocycles. The van der Waals surface area contributed by atoms with Crippen molar-refractivity contribution in [3.63, 3.8) is 0 Å². The normalized spacial score (nSPS) is 17.7. The summed E-state index contributed by atoms with van der Waals surface area (Å²) in [6, 6.07) is 9.77. The number of fused-ring (bicyclic) bond motifs is 3. The first-order chi connectivity index (χ1) is 14.6. The average molecular weight is 424 g/mol. The minimum atomic E-state index is -0.420. The lowest BCUT2D eigenvalue weighted by Crippen LogP contribution is -2.30. The Bertz CT molecular complexity index is 1070. The second-order valence-corrected chi connectivity index (χ2v) is 9.30. The number of aliphatic imine (C=N–C) groups is 1. The van der Waals surface area contributed by atoms with Gasteiger partial charge >= 0.3 is 5.97 Å². The van der Waals surface area contributed by atoms with E-state index in [0.717, 1.165) is 46.7 Å². The Hall–Kier alpha value is -3.02. The van der Waals surface area contributed by atoms with E-state index in [1.165, 1.54) is 12.7 Å². The van der Waals surface area contributed by atoms with Crippen LogP contribution in [-0.4, -0.2) is 43.6 Å². The van der Waals surface area contributed by atoms with Crippen molar-refractivity contribution in [2.45, 2.75) is 51.7 Å². The molecular weight excluding hydrogens is 394 g/mol.